The molecule has 0 fully saturated rings. The number of halogens is 1. The smallest absolute Gasteiger partial charge is 0.258 e. The lowest BCUT2D eigenvalue weighted by atomic mass is 10.0. The maximum Gasteiger partial charge on any atom is 0.271 e. The fourth-order valence-electron chi connectivity index (χ4n) is 1.96. The number of aromatic nitrogens is 1. The summed E-state index contributed by atoms with van der Waals surface area (Å²) in [7, 11) is 0. The highest BCUT2D eigenvalue weighted by atomic mass is 35.5. The molecular weight excluding hydrogens is 278 g/mol. The van der Waals surface area contributed by atoms with E-state index < -0.39 is 4.92 Å². The van der Waals surface area contributed by atoms with Gasteiger partial charge in [0.2, 0.25) is 0 Å². The molecule has 0 aliphatic rings. The van der Waals surface area contributed by atoms with Crippen LogP contribution in [-0.4, -0.2) is 9.91 Å². The molecule has 0 spiro atoms. The van der Waals surface area contributed by atoms with Crippen LogP contribution in [-0.2, 0) is 6.42 Å². The van der Waals surface area contributed by atoms with Gasteiger partial charge in [0.15, 0.2) is 0 Å². The first-order valence-corrected chi connectivity index (χ1v) is 6.17. The van der Waals surface area contributed by atoms with E-state index >= 15 is 0 Å². The summed E-state index contributed by atoms with van der Waals surface area (Å²) in [6, 6.07) is 8.19. The predicted molar refractivity (Wildman–Crippen MR) is 75.4 cm³/mol. The number of nitro groups is 1. The standard InChI is InChI=1S/C14H10ClN3O2/c1-9-10(2-4-16)3-5-17-14(9)11-6-12(15)8-13(7-11)18(19)20/h3,5-8H,2H2,1H3. The van der Waals surface area contributed by atoms with Crippen molar-refractivity contribution in [3.8, 4) is 17.3 Å². The zero-order chi connectivity index (χ0) is 14.7. The third kappa shape index (κ3) is 2.76. The number of nitriles is 1. The minimum atomic E-state index is -0.496. The second kappa shape index (κ2) is 5.68. The number of nitro benzene ring substituents is 1. The number of nitrogens with zero attached hydrogens (tertiary/aromatic N) is 3. The largest absolute Gasteiger partial charge is 0.271 e. The number of pyridine rings is 1. The summed E-state index contributed by atoms with van der Waals surface area (Å²) >= 11 is 5.91. The van der Waals surface area contributed by atoms with Crippen LogP contribution in [0.15, 0.2) is 30.5 Å². The van der Waals surface area contributed by atoms with Crippen molar-refractivity contribution < 1.29 is 4.92 Å². The van der Waals surface area contributed by atoms with E-state index in [0.717, 1.165) is 11.1 Å². The Morgan fingerprint density at radius 3 is 2.85 bits per heavy atom. The molecule has 0 saturated carbocycles. The third-order valence-corrected chi connectivity index (χ3v) is 3.17. The van der Waals surface area contributed by atoms with Crippen molar-refractivity contribution in [2.24, 2.45) is 0 Å². The van der Waals surface area contributed by atoms with Gasteiger partial charge in [0.1, 0.15) is 0 Å². The van der Waals surface area contributed by atoms with Crippen molar-refractivity contribution in [2.45, 2.75) is 13.3 Å². The highest BCUT2D eigenvalue weighted by molar-refractivity contribution is 6.31. The molecule has 5 nitrogen and oxygen atoms in total. The second-order valence-electron chi connectivity index (χ2n) is 4.23. The summed E-state index contributed by atoms with van der Waals surface area (Å²) < 4.78 is 0. The predicted octanol–water partition coefficient (Wildman–Crippen LogP) is 3.68. The molecular formula is C14H10ClN3O2. The Morgan fingerprint density at radius 1 is 1.45 bits per heavy atom. The minimum Gasteiger partial charge on any atom is -0.258 e. The van der Waals surface area contributed by atoms with Gasteiger partial charge in [0.25, 0.3) is 5.69 Å². The molecule has 0 N–H and O–H groups in total. The SMILES string of the molecule is Cc1c(CC#N)ccnc1-c1cc(Cl)cc([N+](=O)[O-])c1. The van der Waals surface area contributed by atoms with Crippen LogP contribution in [0.4, 0.5) is 5.69 Å². The average molecular weight is 288 g/mol. The summed E-state index contributed by atoms with van der Waals surface area (Å²) in [6.07, 6.45) is 1.85. The molecule has 2 aromatic rings. The van der Waals surface area contributed by atoms with Crippen molar-refractivity contribution in [3.05, 3.63) is 56.7 Å². The molecule has 1 aromatic heterocycles. The maximum atomic E-state index is 10.9. The van der Waals surface area contributed by atoms with Crippen LogP contribution in [0.25, 0.3) is 11.3 Å². The molecule has 0 bridgehead atoms. The van der Waals surface area contributed by atoms with E-state index in [2.05, 4.69) is 11.1 Å². The lowest BCUT2D eigenvalue weighted by Crippen LogP contribution is -1.96. The van der Waals surface area contributed by atoms with Gasteiger partial charge in [-0.15, -0.1) is 0 Å². The van der Waals surface area contributed by atoms with Crippen LogP contribution in [0.1, 0.15) is 11.1 Å². The van der Waals surface area contributed by atoms with Crippen molar-refractivity contribution in [3.63, 3.8) is 0 Å². The van der Waals surface area contributed by atoms with Gasteiger partial charge in [-0.3, -0.25) is 15.1 Å². The molecule has 0 aliphatic heterocycles. The molecule has 0 aliphatic carbocycles. The number of hydrogen-bond acceptors (Lipinski definition) is 4. The molecule has 6 heteroatoms. The third-order valence-electron chi connectivity index (χ3n) is 2.95. The van der Waals surface area contributed by atoms with Crippen molar-refractivity contribution in [2.75, 3.05) is 0 Å². The minimum absolute atomic E-state index is 0.0839. The topological polar surface area (TPSA) is 79.8 Å². The van der Waals surface area contributed by atoms with Crippen LogP contribution < -0.4 is 0 Å². The summed E-state index contributed by atoms with van der Waals surface area (Å²) in [5.74, 6) is 0. The van der Waals surface area contributed by atoms with E-state index in [1.807, 2.05) is 6.92 Å². The van der Waals surface area contributed by atoms with Gasteiger partial charge in [0, 0.05) is 28.9 Å². The Hall–Kier alpha value is -2.45. The lowest BCUT2D eigenvalue weighted by molar-refractivity contribution is -0.384. The first kappa shape index (κ1) is 14.0. The van der Waals surface area contributed by atoms with E-state index in [9.17, 15) is 10.1 Å². The fourth-order valence-corrected chi connectivity index (χ4v) is 2.19. The summed E-state index contributed by atoms with van der Waals surface area (Å²) in [4.78, 5) is 14.6. The van der Waals surface area contributed by atoms with Crippen LogP contribution >= 0.6 is 11.6 Å². The Labute approximate surface area is 120 Å². The molecule has 0 saturated heterocycles. The van der Waals surface area contributed by atoms with Crippen LogP contribution in [0.5, 0.6) is 0 Å². The molecule has 0 radical (unpaired) electrons. The zero-order valence-corrected chi connectivity index (χ0v) is 11.4. The van der Waals surface area contributed by atoms with Gasteiger partial charge in [0.05, 0.1) is 23.1 Å². The second-order valence-corrected chi connectivity index (χ2v) is 4.67. The molecule has 0 amide bonds. The number of non-ortho nitro benzene ring substituents is 1. The summed E-state index contributed by atoms with van der Waals surface area (Å²) in [5.41, 5.74) is 2.76. The van der Waals surface area contributed by atoms with Gasteiger partial charge in [-0.25, -0.2) is 0 Å². The molecule has 1 heterocycles. The Kier molecular flexibility index (Phi) is 3.97. The molecule has 1 aromatic carbocycles. The highest BCUT2D eigenvalue weighted by Crippen LogP contribution is 2.30. The first-order chi connectivity index (χ1) is 9.52. The normalized spacial score (nSPS) is 10.1. The fraction of sp³-hybridized carbons (Fsp3) is 0.143. The molecule has 0 unspecified atom stereocenters. The first-order valence-electron chi connectivity index (χ1n) is 5.79. The molecule has 20 heavy (non-hydrogen) atoms. The van der Waals surface area contributed by atoms with E-state index in [4.69, 9.17) is 16.9 Å². The van der Waals surface area contributed by atoms with E-state index in [0.29, 0.717) is 11.3 Å². The summed E-state index contributed by atoms with van der Waals surface area (Å²) in [5, 5.41) is 19.9. The highest BCUT2D eigenvalue weighted by Gasteiger charge is 2.13. The Balaban J connectivity index is 2.60. The maximum absolute atomic E-state index is 10.9. The molecule has 0 atom stereocenters. The van der Waals surface area contributed by atoms with Gasteiger partial charge in [-0.05, 0) is 30.2 Å². The summed E-state index contributed by atoms with van der Waals surface area (Å²) in [6.45, 7) is 1.84. The van der Waals surface area contributed by atoms with Crippen LogP contribution in [0.3, 0.4) is 0 Å². The Morgan fingerprint density at radius 2 is 2.20 bits per heavy atom. The monoisotopic (exact) mass is 287 g/mol. The Bertz CT molecular complexity index is 723. The van der Waals surface area contributed by atoms with Gasteiger partial charge >= 0.3 is 0 Å². The van der Waals surface area contributed by atoms with Crippen LogP contribution in [0, 0.1) is 28.4 Å². The van der Waals surface area contributed by atoms with Crippen molar-refractivity contribution in [1.82, 2.24) is 4.98 Å². The number of hydrogen-bond donors (Lipinski definition) is 0. The average Bonchev–Trinajstić information content (AvgIpc) is 2.40. The number of benzene rings is 1. The zero-order valence-electron chi connectivity index (χ0n) is 10.6. The van der Waals surface area contributed by atoms with E-state index in [-0.39, 0.29) is 17.1 Å². The quantitative estimate of drug-likeness (QED) is 0.637. The van der Waals surface area contributed by atoms with Gasteiger partial charge in [-0.2, -0.15) is 5.26 Å². The molecule has 2 rings (SSSR count). The van der Waals surface area contributed by atoms with Gasteiger partial charge < -0.3 is 0 Å². The van der Waals surface area contributed by atoms with Crippen molar-refractivity contribution >= 4 is 17.3 Å². The van der Waals surface area contributed by atoms with Crippen LogP contribution in [0.2, 0.25) is 5.02 Å². The lowest BCUT2D eigenvalue weighted by Gasteiger charge is -2.08. The number of rotatable bonds is 3. The molecule has 100 valence electrons. The van der Waals surface area contributed by atoms with Crippen molar-refractivity contribution in [1.29, 1.82) is 5.26 Å². The van der Waals surface area contributed by atoms with E-state index in [1.165, 1.54) is 12.1 Å². The van der Waals surface area contributed by atoms with E-state index in [1.54, 1.807) is 18.3 Å². The van der Waals surface area contributed by atoms with Gasteiger partial charge in [-0.1, -0.05) is 11.6 Å².